The lowest BCUT2D eigenvalue weighted by Gasteiger charge is -2.33. The van der Waals surface area contributed by atoms with Crippen LogP contribution in [0.3, 0.4) is 0 Å². The van der Waals surface area contributed by atoms with Gasteiger partial charge in [-0.15, -0.1) is 0 Å². The Labute approximate surface area is 271 Å². The van der Waals surface area contributed by atoms with Crippen LogP contribution < -0.4 is 14.4 Å². The van der Waals surface area contributed by atoms with Crippen molar-refractivity contribution in [3.05, 3.63) is 94.0 Å². The normalized spacial score (nSPS) is 12.7. The zero-order chi connectivity index (χ0) is 32.3. The molecule has 3 aromatic carbocycles. The highest BCUT2D eigenvalue weighted by Crippen LogP contribution is 2.30. The molecule has 0 bridgehead atoms. The first-order valence-corrected chi connectivity index (χ1v) is 17.3. The first-order chi connectivity index (χ1) is 20.9. The third kappa shape index (κ3) is 10.1. The second-order valence-electron chi connectivity index (χ2n) is 10.6. The molecule has 11 heteroatoms. The molecule has 0 saturated carbocycles. The minimum Gasteiger partial charge on any atom is -0.492 e. The minimum absolute atomic E-state index is 0.00600. The number of benzene rings is 3. The number of ether oxygens (including phenoxy) is 1. The number of anilines is 1. The number of sulfonamides is 1. The molecule has 3 aromatic rings. The number of halogens is 2. The molecule has 0 heterocycles. The Morgan fingerprint density at radius 3 is 2.25 bits per heavy atom. The first kappa shape index (κ1) is 35.2. The van der Waals surface area contributed by atoms with E-state index in [1.165, 1.54) is 4.31 Å². The summed E-state index contributed by atoms with van der Waals surface area (Å²) in [4.78, 5) is 29.3. The number of para-hydroxylation sites is 2. The van der Waals surface area contributed by atoms with E-state index in [2.05, 4.69) is 5.32 Å². The summed E-state index contributed by atoms with van der Waals surface area (Å²) in [5, 5.41) is 3.77. The standard InChI is InChI=1S/C33H41Cl2N3O5S/c1-5-24(3)36-33(40)30(22-25-13-8-7-9-14-25)37(23-26-18-19-27(34)28(35)21-26)32(39)17-12-20-38(44(4,41)42)29-15-10-11-16-31(29)43-6-2/h7-11,13-16,18-19,21,24,30H,5-6,12,17,20,22-23H2,1-4H3,(H,36,40). The van der Waals surface area contributed by atoms with Gasteiger partial charge in [-0.1, -0.05) is 78.7 Å². The fourth-order valence-corrected chi connectivity index (χ4v) is 6.04. The fraction of sp³-hybridized carbons (Fsp3) is 0.394. The van der Waals surface area contributed by atoms with Gasteiger partial charge in [0.05, 0.1) is 28.6 Å². The SMILES string of the molecule is CCOc1ccccc1N(CCCC(=O)N(Cc1ccc(Cl)c(Cl)c1)C(Cc1ccccc1)C(=O)NC(C)CC)S(C)(=O)=O. The van der Waals surface area contributed by atoms with Gasteiger partial charge in [-0.25, -0.2) is 8.42 Å². The maximum atomic E-state index is 14.0. The van der Waals surface area contributed by atoms with Crippen molar-refractivity contribution < 1.29 is 22.7 Å². The summed E-state index contributed by atoms with van der Waals surface area (Å²) >= 11 is 12.5. The molecule has 238 valence electrons. The maximum Gasteiger partial charge on any atom is 0.243 e. The van der Waals surface area contributed by atoms with Crippen LogP contribution in [0.1, 0.15) is 51.2 Å². The van der Waals surface area contributed by atoms with Gasteiger partial charge in [-0.05, 0) is 62.1 Å². The van der Waals surface area contributed by atoms with E-state index in [4.69, 9.17) is 27.9 Å². The monoisotopic (exact) mass is 661 g/mol. The van der Waals surface area contributed by atoms with Crippen molar-refractivity contribution >= 4 is 50.7 Å². The topological polar surface area (TPSA) is 96.0 Å². The molecule has 0 aromatic heterocycles. The van der Waals surface area contributed by atoms with Crippen molar-refractivity contribution in [3.63, 3.8) is 0 Å². The molecule has 0 radical (unpaired) electrons. The minimum atomic E-state index is -3.68. The summed E-state index contributed by atoms with van der Waals surface area (Å²) in [5.74, 6) is -0.111. The molecule has 0 aliphatic rings. The highest BCUT2D eigenvalue weighted by Gasteiger charge is 2.31. The predicted molar refractivity (Wildman–Crippen MR) is 178 cm³/mol. The number of nitrogens with zero attached hydrogens (tertiary/aromatic N) is 2. The zero-order valence-corrected chi connectivity index (χ0v) is 28.0. The molecular weight excluding hydrogens is 621 g/mol. The van der Waals surface area contributed by atoms with E-state index in [1.807, 2.05) is 51.1 Å². The number of carbonyl (C=O) groups is 2. The van der Waals surface area contributed by atoms with Gasteiger partial charge in [0.1, 0.15) is 11.8 Å². The van der Waals surface area contributed by atoms with Gasteiger partial charge in [-0.3, -0.25) is 13.9 Å². The van der Waals surface area contributed by atoms with Crippen LogP contribution in [0, 0.1) is 0 Å². The molecule has 0 fully saturated rings. The molecule has 2 unspecified atom stereocenters. The molecule has 0 saturated heterocycles. The third-order valence-corrected chi connectivity index (χ3v) is 9.11. The molecule has 44 heavy (non-hydrogen) atoms. The van der Waals surface area contributed by atoms with Crippen molar-refractivity contribution in [3.8, 4) is 5.75 Å². The van der Waals surface area contributed by atoms with Gasteiger partial charge < -0.3 is 15.0 Å². The zero-order valence-electron chi connectivity index (χ0n) is 25.6. The highest BCUT2D eigenvalue weighted by atomic mass is 35.5. The third-order valence-electron chi connectivity index (χ3n) is 7.20. The maximum absolute atomic E-state index is 14.0. The van der Waals surface area contributed by atoms with E-state index in [-0.39, 0.29) is 43.8 Å². The van der Waals surface area contributed by atoms with Crippen molar-refractivity contribution in [2.75, 3.05) is 23.7 Å². The summed E-state index contributed by atoms with van der Waals surface area (Å²) in [7, 11) is -3.68. The molecule has 0 aliphatic carbocycles. The van der Waals surface area contributed by atoms with Crippen LogP contribution in [0.4, 0.5) is 5.69 Å². The van der Waals surface area contributed by atoms with Crippen LogP contribution >= 0.6 is 23.2 Å². The molecular formula is C33H41Cl2N3O5S. The van der Waals surface area contributed by atoms with Crippen LogP contribution in [-0.2, 0) is 32.6 Å². The number of rotatable bonds is 16. The van der Waals surface area contributed by atoms with Crippen LogP contribution in [0.2, 0.25) is 10.0 Å². The van der Waals surface area contributed by atoms with E-state index in [0.717, 1.165) is 18.2 Å². The summed E-state index contributed by atoms with van der Waals surface area (Å²) in [5.41, 5.74) is 2.02. The van der Waals surface area contributed by atoms with E-state index in [9.17, 15) is 18.0 Å². The summed E-state index contributed by atoms with van der Waals surface area (Å²) in [6, 6.07) is 20.6. The Morgan fingerprint density at radius 2 is 1.61 bits per heavy atom. The lowest BCUT2D eigenvalue weighted by atomic mass is 10.0. The van der Waals surface area contributed by atoms with E-state index in [1.54, 1.807) is 47.4 Å². The quantitative estimate of drug-likeness (QED) is 0.189. The largest absolute Gasteiger partial charge is 0.492 e. The lowest BCUT2D eigenvalue weighted by molar-refractivity contribution is -0.141. The Hall–Kier alpha value is -3.27. The second-order valence-corrected chi connectivity index (χ2v) is 13.4. The summed E-state index contributed by atoms with van der Waals surface area (Å²) < 4.78 is 32.6. The van der Waals surface area contributed by atoms with Gasteiger partial charge in [0.2, 0.25) is 21.8 Å². The van der Waals surface area contributed by atoms with Crippen LogP contribution in [0.5, 0.6) is 5.75 Å². The molecule has 2 atom stereocenters. The molecule has 0 aliphatic heterocycles. The van der Waals surface area contributed by atoms with Crippen molar-refractivity contribution in [1.29, 1.82) is 0 Å². The number of carbonyl (C=O) groups excluding carboxylic acids is 2. The number of hydrogen-bond donors (Lipinski definition) is 1. The highest BCUT2D eigenvalue weighted by molar-refractivity contribution is 7.92. The Balaban J connectivity index is 1.93. The lowest BCUT2D eigenvalue weighted by Crippen LogP contribution is -2.52. The molecule has 8 nitrogen and oxygen atoms in total. The number of nitrogens with one attached hydrogen (secondary N) is 1. The second kappa shape index (κ2) is 16.7. The van der Waals surface area contributed by atoms with Gasteiger partial charge in [0.15, 0.2) is 0 Å². The average molecular weight is 663 g/mol. The first-order valence-electron chi connectivity index (χ1n) is 14.7. The van der Waals surface area contributed by atoms with Crippen molar-refractivity contribution in [2.45, 2.75) is 65.1 Å². The summed E-state index contributed by atoms with van der Waals surface area (Å²) in [6.07, 6.45) is 2.38. The Kier molecular flexibility index (Phi) is 13.4. The molecule has 0 spiro atoms. The molecule has 3 rings (SSSR count). The fourth-order valence-electron chi connectivity index (χ4n) is 4.75. The Morgan fingerprint density at radius 1 is 0.932 bits per heavy atom. The number of amides is 2. The van der Waals surface area contributed by atoms with Crippen LogP contribution in [0.25, 0.3) is 0 Å². The van der Waals surface area contributed by atoms with Gasteiger partial charge in [0.25, 0.3) is 0 Å². The average Bonchev–Trinajstić information content (AvgIpc) is 2.99. The van der Waals surface area contributed by atoms with Gasteiger partial charge in [-0.2, -0.15) is 0 Å². The summed E-state index contributed by atoms with van der Waals surface area (Å²) in [6.45, 7) is 6.27. The number of hydrogen-bond acceptors (Lipinski definition) is 5. The van der Waals surface area contributed by atoms with E-state index < -0.39 is 16.1 Å². The Bertz CT molecular complexity index is 1500. The van der Waals surface area contributed by atoms with Gasteiger partial charge in [0, 0.05) is 32.0 Å². The van der Waals surface area contributed by atoms with Crippen LogP contribution in [0.15, 0.2) is 72.8 Å². The smallest absolute Gasteiger partial charge is 0.243 e. The van der Waals surface area contributed by atoms with E-state index >= 15 is 0 Å². The van der Waals surface area contributed by atoms with E-state index in [0.29, 0.717) is 40.1 Å². The van der Waals surface area contributed by atoms with Crippen molar-refractivity contribution in [2.24, 2.45) is 0 Å². The van der Waals surface area contributed by atoms with Crippen molar-refractivity contribution in [1.82, 2.24) is 10.2 Å². The van der Waals surface area contributed by atoms with Gasteiger partial charge >= 0.3 is 0 Å². The molecule has 1 N–H and O–H groups in total. The predicted octanol–water partition coefficient (Wildman–Crippen LogP) is 6.49. The van der Waals surface area contributed by atoms with Crippen LogP contribution in [-0.4, -0.2) is 56.6 Å². The molecule has 2 amide bonds.